The van der Waals surface area contributed by atoms with Crippen LogP contribution in [0.1, 0.15) is 45.2 Å². The lowest BCUT2D eigenvalue weighted by Gasteiger charge is -2.54. The zero-order valence-corrected chi connectivity index (χ0v) is 13.6. The lowest BCUT2D eigenvalue weighted by molar-refractivity contribution is 0.0396. The van der Waals surface area contributed by atoms with Crippen LogP contribution >= 0.6 is 0 Å². The molecule has 21 heavy (non-hydrogen) atoms. The fraction of sp³-hybridized carbons (Fsp3) is 0.579. The van der Waals surface area contributed by atoms with Crippen LogP contribution in [0.4, 0.5) is 4.39 Å². The van der Waals surface area contributed by atoms with Gasteiger partial charge < -0.3 is 0 Å². The van der Waals surface area contributed by atoms with Crippen molar-refractivity contribution in [3.63, 3.8) is 0 Å². The Hall–Kier alpha value is -1.15. The summed E-state index contributed by atoms with van der Waals surface area (Å²) in [6.45, 7) is 11.2. The van der Waals surface area contributed by atoms with Crippen molar-refractivity contribution in [3.8, 4) is 0 Å². The van der Waals surface area contributed by atoms with E-state index in [0.717, 1.165) is 25.9 Å². The summed E-state index contributed by atoms with van der Waals surface area (Å²) in [5.74, 6) is 0.485. The van der Waals surface area contributed by atoms with Crippen LogP contribution in [0.3, 0.4) is 0 Å². The fourth-order valence-corrected chi connectivity index (χ4v) is 4.21. The summed E-state index contributed by atoms with van der Waals surface area (Å²) < 4.78 is 13.7. The van der Waals surface area contributed by atoms with Crippen molar-refractivity contribution in [2.75, 3.05) is 13.1 Å². The second kappa shape index (κ2) is 5.24. The van der Waals surface area contributed by atoms with E-state index in [2.05, 4.69) is 38.7 Å². The molecule has 0 N–H and O–H groups in total. The van der Waals surface area contributed by atoms with E-state index in [4.69, 9.17) is 0 Å². The number of fused-ring (bicyclic) bond motifs is 4. The zero-order valence-electron chi connectivity index (χ0n) is 13.6. The molecule has 1 aromatic rings. The Kier molecular flexibility index (Phi) is 3.69. The number of allylic oxidation sites excluding steroid dienone is 1. The normalized spacial score (nSPS) is 31.7. The van der Waals surface area contributed by atoms with Gasteiger partial charge in [0.05, 0.1) is 0 Å². The molecule has 3 atom stereocenters. The van der Waals surface area contributed by atoms with Gasteiger partial charge in [-0.15, -0.1) is 0 Å². The second-order valence-electron chi connectivity index (χ2n) is 7.31. The second-order valence-corrected chi connectivity index (χ2v) is 7.31. The number of halogens is 1. The summed E-state index contributed by atoms with van der Waals surface area (Å²) >= 11 is 0. The molecule has 1 heterocycles. The highest BCUT2D eigenvalue weighted by Crippen LogP contribution is 2.48. The Balaban J connectivity index is 1.96. The van der Waals surface area contributed by atoms with Gasteiger partial charge in [0, 0.05) is 12.6 Å². The van der Waals surface area contributed by atoms with Crippen molar-refractivity contribution in [2.45, 2.75) is 52.0 Å². The molecule has 1 fully saturated rings. The predicted molar refractivity (Wildman–Crippen MR) is 86.0 cm³/mol. The fourth-order valence-electron chi connectivity index (χ4n) is 4.21. The molecule has 114 valence electrons. The van der Waals surface area contributed by atoms with E-state index >= 15 is 0 Å². The average molecular weight is 286 g/mol. The van der Waals surface area contributed by atoms with Crippen molar-refractivity contribution in [1.29, 1.82) is 0 Å². The van der Waals surface area contributed by atoms with Crippen LogP contribution in [0.5, 0.6) is 0 Å². The number of piperidine rings is 1. The maximum atomic E-state index is 13.7. The lowest BCUT2D eigenvalue weighted by Crippen LogP contribution is -2.57. The molecular formula is C19H26FN. The molecule has 0 spiro atoms. The Bertz CT molecular complexity index is 573. The zero-order chi connectivity index (χ0) is 15.2. The smallest absolute Gasteiger partial charge is 0.123 e. The predicted octanol–water partition coefficient (Wildman–Crippen LogP) is 4.32. The molecule has 1 aliphatic heterocycles. The van der Waals surface area contributed by atoms with Gasteiger partial charge in [-0.05, 0) is 67.8 Å². The molecule has 1 saturated heterocycles. The maximum absolute atomic E-state index is 13.7. The Morgan fingerprint density at radius 1 is 1.43 bits per heavy atom. The van der Waals surface area contributed by atoms with Gasteiger partial charge in [-0.1, -0.05) is 31.6 Å². The Morgan fingerprint density at radius 3 is 2.90 bits per heavy atom. The summed E-state index contributed by atoms with van der Waals surface area (Å²) in [7, 11) is 0. The molecule has 0 aromatic heterocycles. The molecule has 0 unspecified atom stereocenters. The third kappa shape index (κ3) is 2.44. The number of likely N-dealkylation sites (tertiary alicyclic amines) is 1. The van der Waals surface area contributed by atoms with Gasteiger partial charge in [-0.3, -0.25) is 4.90 Å². The van der Waals surface area contributed by atoms with Crippen molar-refractivity contribution in [3.05, 3.63) is 46.8 Å². The maximum Gasteiger partial charge on any atom is 0.123 e. The van der Waals surface area contributed by atoms with E-state index in [1.54, 1.807) is 12.1 Å². The van der Waals surface area contributed by atoms with Crippen LogP contribution in [-0.2, 0) is 11.8 Å². The summed E-state index contributed by atoms with van der Waals surface area (Å²) in [4.78, 5) is 2.62. The third-order valence-electron chi connectivity index (χ3n) is 5.82. The molecule has 1 nitrogen and oxygen atoms in total. The summed E-state index contributed by atoms with van der Waals surface area (Å²) in [6, 6.07) is 5.99. The van der Waals surface area contributed by atoms with Crippen molar-refractivity contribution in [2.24, 2.45) is 5.92 Å². The van der Waals surface area contributed by atoms with Crippen LogP contribution in [0.2, 0.25) is 0 Å². The van der Waals surface area contributed by atoms with Crippen LogP contribution in [-0.4, -0.2) is 24.0 Å². The third-order valence-corrected chi connectivity index (χ3v) is 5.82. The minimum absolute atomic E-state index is 0.0902. The molecule has 0 radical (unpaired) electrons. The molecule has 1 aromatic carbocycles. The summed E-state index contributed by atoms with van der Waals surface area (Å²) in [6.07, 6.45) is 4.51. The first-order chi connectivity index (χ1) is 9.91. The van der Waals surface area contributed by atoms with E-state index in [1.807, 2.05) is 6.07 Å². The summed E-state index contributed by atoms with van der Waals surface area (Å²) in [5.41, 5.74) is 4.12. The Morgan fingerprint density at radius 2 is 2.19 bits per heavy atom. The molecule has 2 aliphatic rings. The van der Waals surface area contributed by atoms with Crippen molar-refractivity contribution < 1.29 is 4.39 Å². The first-order valence-electron chi connectivity index (χ1n) is 8.08. The highest BCUT2D eigenvalue weighted by atomic mass is 18.2. The molecular weight excluding hydrogens is 260 g/mol. The van der Waals surface area contributed by atoms with Crippen LogP contribution in [0.25, 0.3) is 0 Å². The first-order valence-corrected chi connectivity index (χ1v) is 8.08. The monoisotopic (exact) mass is 286 g/mol. The highest BCUT2D eigenvalue weighted by molar-refractivity contribution is 5.40. The topological polar surface area (TPSA) is 3.24 Å². The number of hydrogen-bond donors (Lipinski definition) is 0. The Labute approximate surface area is 127 Å². The van der Waals surface area contributed by atoms with Gasteiger partial charge >= 0.3 is 0 Å². The van der Waals surface area contributed by atoms with E-state index < -0.39 is 0 Å². The number of hydrogen-bond acceptors (Lipinski definition) is 1. The lowest BCUT2D eigenvalue weighted by atomic mass is 9.59. The van der Waals surface area contributed by atoms with Crippen molar-refractivity contribution in [1.82, 2.24) is 4.90 Å². The average Bonchev–Trinajstić information content (AvgIpc) is 2.43. The van der Waals surface area contributed by atoms with Crippen LogP contribution in [0, 0.1) is 11.7 Å². The first kappa shape index (κ1) is 14.8. The van der Waals surface area contributed by atoms with Gasteiger partial charge in [0.2, 0.25) is 0 Å². The molecule has 2 heteroatoms. The van der Waals surface area contributed by atoms with Crippen LogP contribution < -0.4 is 0 Å². The van der Waals surface area contributed by atoms with E-state index in [-0.39, 0.29) is 11.2 Å². The van der Waals surface area contributed by atoms with E-state index in [0.29, 0.717) is 12.0 Å². The van der Waals surface area contributed by atoms with Gasteiger partial charge in [0.25, 0.3) is 0 Å². The SMILES string of the molecule is CC(C)=CCN1CC[C@@]2(C)c3cc([18F])ccc3C[C@@H]1[C@H]2C. The van der Waals surface area contributed by atoms with Gasteiger partial charge in [-0.25, -0.2) is 4.39 Å². The number of nitrogens with zero attached hydrogens (tertiary/aromatic N) is 1. The molecule has 2 bridgehead atoms. The largest absolute Gasteiger partial charge is 0.296 e. The van der Waals surface area contributed by atoms with Crippen LogP contribution in [0.15, 0.2) is 29.8 Å². The molecule has 0 saturated carbocycles. The van der Waals surface area contributed by atoms with Gasteiger partial charge in [-0.2, -0.15) is 0 Å². The number of rotatable bonds is 2. The minimum atomic E-state index is -0.0902. The molecule has 3 rings (SSSR count). The molecule has 1 aliphatic carbocycles. The van der Waals surface area contributed by atoms with Gasteiger partial charge in [0.1, 0.15) is 5.82 Å². The quantitative estimate of drug-likeness (QED) is 0.732. The number of benzene rings is 1. The van der Waals surface area contributed by atoms with Gasteiger partial charge in [0.15, 0.2) is 0 Å². The minimum Gasteiger partial charge on any atom is -0.296 e. The highest BCUT2D eigenvalue weighted by Gasteiger charge is 2.48. The van der Waals surface area contributed by atoms with E-state index in [9.17, 15) is 4.39 Å². The van der Waals surface area contributed by atoms with E-state index in [1.165, 1.54) is 16.7 Å². The van der Waals surface area contributed by atoms with Crippen molar-refractivity contribution >= 4 is 0 Å². The standard InChI is InChI=1S/C19H26FN/c1-13(2)7-9-21-10-8-19(4)14(3)18(21)11-15-5-6-16(20)12-17(15)19/h5-7,12,14,18H,8-11H2,1-4H3/t14-,18-,19-/m1/s1/i20-1. The summed E-state index contributed by atoms with van der Waals surface area (Å²) in [5, 5.41) is 0. The molecule has 0 amide bonds.